The molecule has 0 aliphatic heterocycles. The molecule has 0 spiro atoms. The highest BCUT2D eigenvalue weighted by molar-refractivity contribution is 4.39. The summed E-state index contributed by atoms with van der Waals surface area (Å²) < 4.78 is 32.4. The first-order chi connectivity index (χ1) is 3.56. The number of rotatable bonds is 0. The largest absolute Gasteiger partial charge is 0.388 e. The van der Waals surface area contributed by atoms with Gasteiger partial charge < -0.3 is 0 Å². The molecule has 0 aliphatic rings. The van der Waals surface area contributed by atoms with Crippen molar-refractivity contribution in [3.05, 3.63) is 13.2 Å². The maximum Gasteiger partial charge on any atom is 0.388 e. The van der Waals surface area contributed by atoms with E-state index in [-0.39, 0.29) is 0 Å². The summed E-state index contributed by atoms with van der Waals surface area (Å²) in [6.45, 7) is 7.08. The summed E-state index contributed by atoms with van der Waals surface area (Å²) >= 11 is 0. The minimum atomic E-state index is -3.96. The summed E-state index contributed by atoms with van der Waals surface area (Å²) in [5.41, 5.74) is 0. The number of halogens is 3. The van der Waals surface area contributed by atoms with Gasteiger partial charge in [0.05, 0.1) is 0 Å². The van der Waals surface area contributed by atoms with E-state index < -0.39 is 12.6 Å². The Balaban J connectivity index is 0. The number of alkyl halides is 3. The van der Waals surface area contributed by atoms with E-state index in [1.165, 1.54) is 0 Å². The van der Waals surface area contributed by atoms with Crippen molar-refractivity contribution >= 4 is 0 Å². The molecule has 0 radical (unpaired) electrons. The topological polar surface area (TPSA) is 0 Å². The molecule has 0 atom stereocenters. The summed E-state index contributed by atoms with van der Waals surface area (Å²) in [4.78, 5) is 0. The molecule has 0 aliphatic carbocycles. The molecule has 3 heteroatoms. The Morgan fingerprint density at radius 3 is 1.38 bits per heavy atom. The van der Waals surface area contributed by atoms with E-state index in [2.05, 4.69) is 13.2 Å². The van der Waals surface area contributed by atoms with Crippen molar-refractivity contribution in [2.24, 2.45) is 0 Å². The van der Waals surface area contributed by atoms with Gasteiger partial charge in [-0.1, -0.05) is 6.92 Å². The third-order valence-electron chi connectivity index (χ3n) is 0.401. The lowest BCUT2D eigenvalue weighted by molar-refractivity contribution is -0.130. The first-order valence-electron chi connectivity index (χ1n) is 2.13. The summed E-state index contributed by atoms with van der Waals surface area (Å²) in [6, 6.07) is 0. The molecule has 0 nitrogen and oxygen atoms in total. The van der Waals surface area contributed by atoms with Crippen molar-refractivity contribution in [3.8, 4) is 0 Å². The maximum absolute atomic E-state index is 10.8. The zero-order valence-electron chi connectivity index (χ0n) is 4.76. The lowest BCUT2D eigenvalue weighted by atomic mass is 10.5. The lowest BCUT2D eigenvalue weighted by Gasteiger charge is -1.96. The molecular weight excluding hydrogens is 117 g/mol. The molecular formula is C5H9F3. The quantitative estimate of drug-likeness (QED) is 0.438. The fourth-order valence-corrected chi connectivity index (χ4v) is 0. The zero-order valence-corrected chi connectivity index (χ0v) is 4.76. The van der Waals surface area contributed by atoms with Crippen LogP contribution in [0.1, 0.15) is 13.3 Å². The molecule has 0 rings (SSSR count). The highest BCUT2D eigenvalue weighted by atomic mass is 19.4. The SMILES string of the molecule is C=C.CCC(F)(F)F. The zero-order chi connectivity index (χ0) is 7.21. The monoisotopic (exact) mass is 126 g/mol. The van der Waals surface area contributed by atoms with Gasteiger partial charge in [0, 0.05) is 6.42 Å². The first kappa shape index (κ1) is 10.5. The fourth-order valence-electron chi connectivity index (χ4n) is 0. The number of hydrogen-bond donors (Lipinski definition) is 0. The Morgan fingerprint density at radius 1 is 1.25 bits per heavy atom. The molecule has 0 saturated carbocycles. The van der Waals surface area contributed by atoms with Crippen molar-refractivity contribution < 1.29 is 13.2 Å². The second-order valence-corrected chi connectivity index (χ2v) is 0.969. The van der Waals surface area contributed by atoms with Gasteiger partial charge in [0.15, 0.2) is 0 Å². The molecule has 0 bridgehead atoms. The Bertz CT molecular complexity index is 46.1. The Morgan fingerprint density at radius 2 is 1.38 bits per heavy atom. The van der Waals surface area contributed by atoms with Gasteiger partial charge in [0.25, 0.3) is 0 Å². The van der Waals surface area contributed by atoms with Gasteiger partial charge in [-0.3, -0.25) is 0 Å². The Labute approximate surface area is 47.0 Å². The van der Waals surface area contributed by atoms with Gasteiger partial charge in [0.1, 0.15) is 0 Å². The minimum Gasteiger partial charge on any atom is -0.171 e. The molecule has 0 amide bonds. The highest BCUT2D eigenvalue weighted by Crippen LogP contribution is 2.17. The van der Waals surface area contributed by atoms with E-state index in [0.717, 1.165) is 6.92 Å². The maximum atomic E-state index is 10.8. The summed E-state index contributed by atoms with van der Waals surface area (Å²) in [7, 11) is 0. The van der Waals surface area contributed by atoms with Crippen LogP contribution >= 0.6 is 0 Å². The predicted octanol–water partition coefficient (Wildman–Crippen LogP) is 2.76. The average Bonchev–Trinajstić information content (AvgIpc) is 1.71. The molecule has 0 unspecified atom stereocenters. The van der Waals surface area contributed by atoms with Crippen LogP contribution in [0.3, 0.4) is 0 Å². The molecule has 0 aromatic heterocycles. The van der Waals surface area contributed by atoms with Gasteiger partial charge in [-0.25, -0.2) is 0 Å². The van der Waals surface area contributed by atoms with Crippen molar-refractivity contribution in [1.82, 2.24) is 0 Å². The molecule has 0 heterocycles. The van der Waals surface area contributed by atoms with Gasteiger partial charge in [-0.05, 0) is 0 Å². The minimum absolute atomic E-state index is 0.729. The van der Waals surface area contributed by atoms with Crippen LogP contribution in [0, 0.1) is 0 Å². The first-order valence-corrected chi connectivity index (χ1v) is 2.13. The fraction of sp³-hybridized carbons (Fsp3) is 0.600. The van der Waals surface area contributed by atoms with Gasteiger partial charge >= 0.3 is 6.18 Å². The molecule has 0 aromatic rings. The van der Waals surface area contributed by atoms with Crippen LogP contribution < -0.4 is 0 Å². The summed E-state index contributed by atoms with van der Waals surface area (Å²) in [6.07, 6.45) is -4.69. The van der Waals surface area contributed by atoms with E-state index in [1.807, 2.05) is 0 Å². The van der Waals surface area contributed by atoms with Crippen molar-refractivity contribution in [2.75, 3.05) is 0 Å². The Kier molecular flexibility index (Phi) is 6.15. The normalized spacial score (nSPS) is 9.50. The highest BCUT2D eigenvalue weighted by Gasteiger charge is 2.22. The average molecular weight is 126 g/mol. The van der Waals surface area contributed by atoms with Crippen molar-refractivity contribution in [2.45, 2.75) is 19.5 Å². The van der Waals surface area contributed by atoms with Crippen LogP contribution in [0.4, 0.5) is 13.2 Å². The van der Waals surface area contributed by atoms with E-state index in [1.54, 1.807) is 0 Å². The lowest BCUT2D eigenvalue weighted by Crippen LogP contribution is -2.02. The smallest absolute Gasteiger partial charge is 0.171 e. The van der Waals surface area contributed by atoms with Crippen molar-refractivity contribution in [3.63, 3.8) is 0 Å². The van der Waals surface area contributed by atoms with Crippen LogP contribution in [0.5, 0.6) is 0 Å². The van der Waals surface area contributed by atoms with E-state index in [0.29, 0.717) is 0 Å². The second-order valence-electron chi connectivity index (χ2n) is 0.969. The van der Waals surface area contributed by atoms with Gasteiger partial charge in [-0.2, -0.15) is 13.2 Å². The van der Waals surface area contributed by atoms with E-state index in [4.69, 9.17) is 0 Å². The van der Waals surface area contributed by atoms with Crippen molar-refractivity contribution in [1.29, 1.82) is 0 Å². The third-order valence-corrected chi connectivity index (χ3v) is 0.401. The molecule has 0 fully saturated rings. The molecule has 8 heavy (non-hydrogen) atoms. The molecule has 50 valence electrons. The molecule has 0 saturated heterocycles. The van der Waals surface area contributed by atoms with Crippen LogP contribution in [-0.4, -0.2) is 6.18 Å². The van der Waals surface area contributed by atoms with Gasteiger partial charge in [0.2, 0.25) is 0 Å². The van der Waals surface area contributed by atoms with E-state index >= 15 is 0 Å². The molecule has 0 aromatic carbocycles. The second kappa shape index (κ2) is 4.68. The summed E-state index contributed by atoms with van der Waals surface area (Å²) in [5, 5.41) is 0. The van der Waals surface area contributed by atoms with Crippen LogP contribution in [0.2, 0.25) is 0 Å². The van der Waals surface area contributed by atoms with Crippen LogP contribution in [0.15, 0.2) is 13.2 Å². The standard InChI is InChI=1S/C3H5F3.C2H4/c1-2-3(4,5)6;1-2/h2H2,1H3;1-2H2. The number of hydrogen-bond acceptors (Lipinski definition) is 0. The molecule has 0 N–H and O–H groups in total. The predicted molar refractivity (Wildman–Crippen MR) is 27.6 cm³/mol. The van der Waals surface area contributed by atoms with Gasteiger partial charge in [-0.15, -0.1) is 13.2 Å². The van der Waals surface area contributed by atoms with Crippen LogP contribution in [0.25, 0.3) is 0 Å². The van der Waals surface area contributed by atoms with Crippen LogP contribution in [-0.2, 0) is 0 Å². The summed E-state index contributed by atoms with van der Waals surface area (Å²) in [5.74, 6) is 0. The Hall–Kier alpha value is -0.470. The van der Waals surface area contributed by atoms with E-state index in [9.17, 15) is 13.2 Å². The third kappa shape index (κ3) is 17.7.